The molecule has 4 bridgehead atoms. The number of ether oxygens (including phenoxy) is 3. The third kappa shape index (κ3) is 2.27. The van der Waals surface area contributed by atoms with Crippen LogP contribution in [0.3, 0.4) is 0 Å². The second-order valence-electron chi connectivity index (χ2n) is 11.2. The predicted molar refractivity (Wildman–Crippen MR) is 129 cm³/mol. The highest BCUT2D eigenvalue weighted by atomic mass is 32.1. The standard InChI is InChI=1S/C27H32N2O3S/c1-16(28-15-33)19-13-25-8-9-27(19,31-3)24-26(25)10-11-29(14-17-4-5-17)21(25)12-18-6-7-20(30-2)23(32-24)22(18)26/h6-9,16-17,19,21,24H,4-5,10-14H2,1-3H3/t16?,19?,21-,24-,25-,26+,27-/m1/s1. The van der Waals surface area contributed by atoms with Crippen LogP contribution in [0.25, 0.3) is 0 Å². The number of thiocarbonyl (C=S) groups is 1. The molecule has 0 amide bonds. The molecule has 2 unspecified atom stereocenters. The number of hydrogen-bond donors (Lipinski definition) is 0. The fourth-order valence-corrected chi connectivity index (χ4v) is 8.87. The van der Waals surface area contributed by atoms with Crippen LogP contribution < -0.4 is 9.47 Å². The average Bonchev–Trinajstić information content (AvgIpc) is 3.57. The van der Waals surface area contributed by atoms with Gasteiger partial charge in [0, 0.05) is 36.6 Å². The molecule has 5 aliphatic carbocycles. The van der Waals surface area contributed by atoms with E-state index in [1.165, 1.54) is 30.5 Å². The largest absolute Gasteiger partial charge is 0.493 e. The van der Waals surface area contributed by atoms with E-state index in [2.05, 4.69) is 46.3 Å². The smallest absolute Gasteiger partial charge is 0.166 e. The van der Waals surface area contributed by atoms with Gasteiger partial charge in [0.05, 0.1) is 23.7 Å². The molecule has 0 N–H and O–H groups in total. The van der Waals surface area contributed by atoms with Gasteiger partial charge in [-0.3, -0.25) is 4.90 Å². The number of nitrogens with zero attached hydrogens (tertiary/aromatic N) is 2. The van der Waals surface area contributed by atoms with Crippen molar-refractivity contribution in [2.45, 2.75) is 68.2 Å². The van der Waals surface area contributed by atoms with Gasteiger partial charge in [-0.2, -0.15) is 0 Å². The van der Waals surface area contributed by atoms with Crippen LogP contribution in [0.4, 0.5) is 0 Å². The summed E-state index contributed by atoms with van der Waals surface area (Å²) in [5.41, 5.74) is 2.23. The van der Waals surface area contributed by atoms with Crippen LogP contribution in [0.1, 0.15) is 43.7 Å². The zero-order valence-electron chi connectivity index (χ0n) is 19.7. The molecule has 1 saturated heterocycles. The van der Waals surface area contributed by atoms with Crippen molar-refractivity contribution in [3.05, 3.63) is 35.4 Å². The Morgan fingerprint density at radius 2 is 2.15 bits per heavy atom. The first kappa shape index (κ1) is 20.6. The highest BCUT2D eigenvalue weighted by Crippen LogP contribution is 2.75. The lowest BCUT2D eigenvalue weighted by Crippen LogP contribution is -2.80. The van der Waals surface area contributed by atoms with Gasteiger partial charge in [-0.05, 0) is 75.3 Å². The van der Waals surface area contributed by atoms with E-state index in [0.29, 0.717) is 6.04 Å². The second-order valence-corrected chi connectivity index (χ2v) is 11.4. The van der Waals surface area contributed by atoms with Gasteiger partial charge < -0.3 is 14.2 Å². The Hall–Kier alpha value is -1.72. The number of hydrogen-bond acceptors (Lipinski definition) is 6. The maximum absolute atomic E-state index is 7.00. The Labute approximate surface area is 201 Å². The summed E-state index contributed by atoms with van der Waals surface area (Å²) in [6.07, 6.45) is 10.8. The molecule has 8 rings (SSSR count). The molecular formula is C27H32N2O3S. The Bertz CT molecular complexity index is 1110. The fraction of sp³-hybridized carbons (Fsp3) is 0.667. The number of methoxy groups -OCH3 is 2. The first-order chi connectivity index (χ1) is 16.0. The molecule has 7 atom stereocenters. The first-order valence-corrected chi connectivity index (χ1v) is 12.9. The second kappa shape index (κ2) is 6.69. The minimum absolute atomic E-state index is 0.00556. The molecule has 5 nitrogen and oxygen atoms in total. The summed E-state index contributed by atoms with van der Waals surface area (Å²) in [7, 11) is 3.59. The van der Waals surface area contributed by atoms with Crippen molar-refractivity contribution in [3.63, 3.8) is 0 Å². The van der Waals surface area contributed by atoms with Crippen molar-refractivity contribution in [1.82, 2.24) is 4.90 Å². The molecule has 0 radical (unpaired) electrons. The highest BCUT2D eigenvalue weighted by molar-refractivity contribution is 7.78. The minimum atomic E-state index is -0.543. The van der Waals surface area contributed by atoms with E-state index < -0.39 is 5.60 Å². The number of piperidine rings is 1. The third-order valence-corrected chi connectivity index (χ3v) is 10.3. The van der Waals surface area contributed by atoms with Crippen molar-refractivity contribution in [2.24, 2.45) is 22.2 Å². The van der Waals surface area contributed by atoms with Crippen LogP contribution in [-0.4, -0.2) is 61.2 Å². The van der Waals surface area contributed by atoms with Crippen molar-refractivity contribution < 1.29 is 14.2 Å². The minimum Gasteiger partial charge on any atom is -0.493 e. The van der Waals surface area contributed by atoms with E-state index in [1.54, 1.807) is 7.11 Å². The number of likely N-dealkylation sites (tertiary alicyclic amines) is 1. The zero-order chi connectivity index (χ0) is 22.6. The van der Waals surface area contributed by atoms with Crippen molar-refractivity contribution in [2.75, 3.05) is 27.3 Å². The lowest BCUT2D eigenvalue weighted by Gasteiger charge is -2.71. The van der Waals surface area contributed by atoms with E-state index in [4.69, 9.17) is 26.4 Å². The van der Waals surface area contributed by atoms with Gasteiger partial charge in [0.1, 0.15) is 11.7 Å². The van der Waals surface area contributed by atoms with Crippen molar-refractivity contribution in [3.8, 4) is 11.5 Å². The van der Waals surface area contributed by atoms with Crippen LogP contribution in [0.5, 0.6) is 11.5 Å². The molecule has 2 heterocycles. The molecular weight excluding hydrogens is 432 g/mol. The SMILES string of the molecule is COc1ccc2c3c1O[C@@H]1[C@]34CCN(CC3CC3)[C@H](C2)[C@]42C=C[C@@]1(OC)C(C(C)N=C=S)C2. The Morgan fingerprint density at radius 1 is 1.30 bits per heavy atom. The van der Waals surface area contributed by atoms with E-state index >= 15 is 0 Å². The maximum atomic E-state index is 7.00. The highest BCUT2D eigenvalue weighted by Gasteiger charge is 2.79. The van der Waals surface area contributed by atoms with Gasteiger partial charge in [0.2, 0.25) is 0 Å². The van der Waals surface area contributed by atoms with E-state index in [1.807, 2.05) is 7.11 Å². The monoisotopic (exact) mass is 464 g/mol. The lowest BCUT2D eigenvalue weighted by molar-refractivity contribution is -0.218. The summed E-state index contributed by atoms with van der Waals surface area (Å²) >= 11 is 5.03. The molecule has 0 aromatic heterocycles. The van der Waals surface area contributed by atoms with E-state index in [9.17, 15) is 0 Å². The average molecular weight is 465 g/mol. The van der Waals surface area contributed by atoms with Crippen LogP contribution in [-0.2, 0) is 16.6 Å². The summed E-state index contributed by atoms with van der Waals surface area (Å²) in [5, 5.41) is 2.65. The van der Waals surface area contributed by atoms with Gasteiger partial charge in [-0.25, -0.2) is 4.99 Å². The molecule has 1 aromatic rings. The van der Waals surface area contributed by atoms with E-state index in [-0.39, 0.29) is 28.9 Å². The normalized spacial score (nSPS) is 42.3. The molecule has 2 aliphatic heterocycles. The third-order valence-electron chi connectivity index (χ3n) is 10.2. The molecule has 174 valence electrons. The number of fused-ring (bicyclic) bond motifs is 1. The first-order valence-electron chi connectivity index (χ1n) is 12.5. The number of aliphatic imine (C=N–C) groups is 1. The van der Waals surface area contributed by atoms with Crippen LogP contribution >= 0.6 is 12.2 Å². The maximum Gasteiger partial charge on any atom is 0.166 e. The van der Waals surface area contributed by atoms with Crippen LogP contribution in [0, 0.1) is 17.3 Å². The molecule has 3 fully saturated rings. The molecule has 2 spiro atoms. The summed E-state index contributed by atoms with van der Waals surface area (Å²) in [4.78, 5) is 7.39. The van der Waals surface area contributed by atoms with Gasteiger partial charge in [-0.1, -0.05) is 18.2 Å². The van der Waals surface area contributed by atoms with Crippen molar-refractivity contribution >= 4 is 17.4 Å². The summed E-state index contributed by atoms with van der Waals surface area (Å²) in [6, 6.07) is 4.90. The number of isothiocyanates is 1. The summed E-state index contributed by atoms with van der Waals surface area (Å²) in [5.74, 6) is 2.86. The van der Waals surface area contributed by atoms with E-state index in [0.717, 1.165) is 43.2 Å². The van der Waals surface area contributed by atoms with Gasteiger partial charge in [0.15, 0.2) is 11.5 Å². The topological polar surface area (TPSA) is 43.3 Å². The molecule has 2 saturated carbocycles. The van der Waals surface area contributed by atoms with Crippen molar-refractivity contribution in [1.29, 1.82) is 0 Å². The molecule has 1 aromatic carbocycles. The van der Waals surface area contributed by atoms with Crippen LogP contribution in [0.2, 0.25) is 0 Å². The number of benzene rings is 1. The lowest BCUT2D eigenvalue weighted by atomic mass is 9.36. The Morgan fingerprint density at radius 3 is 2.88 bits per heavy atom. The Kier molecular flexibility index (Phi) is 4.19. The molecule has 33 heavy (non-hydrogen) atoms. The fourth-order valence-electron chi connectivity index (χ4n) is 8.70. The van der Waals surface area contributed by atoms with Gasteiger partial charge in [0.25, 0.3) is 0 Å². The molecule has 6 heteroatoms. The zero-order valence-corrected chi connectivity index (χ0v) is 20.5. The quantitative estimate of drug-likeness (QED) is 0.359. The number of rotatable bonds is 6. The summed E-state index contributed by atoms with van der Waals surface area (Å²) in [6.45, 7) is 4.52. The van der Waals surface area contributed by atoms with Crippen LogP contribution in [0.15, 0.2) is 29.3 Å². The van der Waals surface area contributed by atoms with Gasteiger partial charge in [-0.15, -0.1) is 0 Å². The predicted octanol–water partition coefficient (Wildman–Crippen LogP) is 4.19. The molecule has 7 aliphatic rings. The van der Waals surface area contributed by atoms with Gasteiger partial charge >= 0.3 is 0 Å². The summed E-state index contributed by atoms with van der Waals surface area (Å²) < 4.78 is 19.3. The Balaban J connectivity index is 1.49.